The van der Waals surface area contributed by atoms with Gasteiger partial charge in [-0.05, 0) is 43.1 Å². The van der Waals surface area contributed by atoms with E-state index in [0.29, 0.717) is 19.3 Å². The monoisotopic (exact) mass is 319 g/mol. The molecule has 1 saturated heterocycles. The van der Waals surface area contributed by atoms with Gasteiger partial charge in [0.2, 0.25) is 0 Å². The van der Waals surface area contributed by atoms with E-state index in [9.17, 15) is 0 Å². The minimum atomic E-state index is 0. The molecule has 3 rings (SSSR count). The Kier molecular flexibility index (Phi) is 6.10. The molecule has 118 valence electrons. The molecular weight excluding hydrogens is 298 g/mol. The van der Waals surface area contributed by atoms with Crippen LogP contribution in [0.5, 0.6) is 11.5 Å². The van der Waals surface area contributed by atoms with Gasteiger partial charge < -0.3 is 14.8 Å². The highest BCUT2D eigenvalue weighted by atomic mass is 35.5. The van der Waals surface area contributed by atoms with E-state index in [2.05, 4.69) is 29.6 Å². The van der Waals surface area contributed by atoms with Crippen molar-refractivity contribution in [2.75, 3.05) is 13.2 Å². The van der Waals surface area contributed by atoms with Crippen LogP contribution in [0.25, 0.3) is 0 Å². The van der Waals surface area contributed by atoms with E-state index in [0.717, 1.165) is 23.6 Å². The first-order valence-corrected chi connectivity index (χ1v) is 7.53. The first-order valence-electron chi connectivity index (χ1n) is 7.53. The molecule has 2 aromatic carbocycles. The normalized spacial score (nSPS) is 16.3. The van der Waals surface area contributed by atoms with Gasteiger partial charge in [-0.3, -0.25) is 0 Å². The molecule has 0 unspecified atom stereocenters. The zero-order valence-corrected chi connectivity index (χ0v) is 13.6. The van der Waals surface area contributed by atoms with Crippen LogP contribution in [-0.2, 0) is 6.61 Å². The Bertz CT molecular complexity index is 585. The number of ether oxygens (including phenoxy) is 2. The number of halogens is 1. The second kappa shape index (κ2) is 8.06. The Labute approximate surface area is 138 Å². The van der Waals surface area contributed by atoms with Crippen LogP contribution in [0.2, 0.25) is 0 Å². The van der Waals surface area contributed by atoms with Crippen LogP contribution >= 0.6 is 12.4 Å². The van der Waals surface area contributed by atoms with Crippen molar-refractivity contribution in [3.63, 3.8) is 0 Å². The highest BCUT2D eigenvalue weighted by molar-refractivity contribution is 5.85. The lowest BCUT2D eigenvalue weighted by atomic mass is 9.98. The summed E-state index contributed by atoms with van der Waals surface area (Å²) in [6.45, 7) is 4.29. The quantitative estimate of drug-likeness (QED) is 0.868. The van der Waals surface area contributed by atoms with Crippen LogP contribution in [0.4, 0.5) is 0 Å². The third kappa shape index (κ3) is 3.93. The van der Waals surface area contributed by atoms with Crippen molar-refractivity contribution >= 4 is 12.4 Å². The van der Waals surface area contributed by atoms with Gasteiger partial charge >= 0.3 is 0 Å². The highest BCUT2D eigenvalue weighted by Crippen LogP contribution is 2.33. The lowest BCUT2D eigenvalue weighted by molar-refractivity contribution is 0.268. The molecule has 3 nitrogen and oxygen atoms in total. The highest BCUT2D eigenvalue weighted by Gasteiger charge is 2.20. The van der Waals surface area contributed by atoms with Gasteiger partial charge in [0, 0.05) is 6.04 Å². The topological polar surface area (TPSA) is 30.5 Å². The molecule has 1 N–H and O–H groups in total. The summed E-state index contributed by atoms with van der Waals surface area (Å²) in [6, 6.07) is 16.9. The van der Waals surface area contributed by atoms with E-state index in [1.54, 1.807) is 0 Å². The number of rotatable bonds is 6. The maximum Gasteiger partial charge on any atom is 0.161 e. The van der Waals surface area contributed by atoms with E-state index in [-0.39, 0.29) is 12.4 Å². The van der Waals surface area contributed by atoms with Crippen molar-refractivity contribution in [3.8, 4) is 11.5 Å². The van der Waals surface area contributed by atoms with Gasteiger partial charge in [-0.25, -0.2) is 0 Å². The van der Waals surface area contributed by atoms with E-state index in [1.807, 2.05) is 31.2 Å². The van der Waals surface area contributed by atoms with Crippen molar-refractivity contribution in [1.82, 2.24) is 5.32 Å². The smallest absolute Gasteiger partial charge is 0.161 e. The molecule has 0 spiro atoms. The van der Waals surface area contributed by atoms with E-state index in [4.69, 9.17) is 9.47 Å². The molecular formula is C18H22ClNO2. The zero-order chi connectivity index (χ0) is 14.5. The number of benzene rings is 2. The van der Waals surface area contributed by atoms with Crippen LogP contribution in [0.3, 0.4) is 0 Å². The predicted octanol–water partition coefficient (Wildman–Crippen LogP) is 4.12. The molecule has 1 aliphatic rings. The lowest BCUT2D eigenvalue weighted by Gasteiger charge is -2.28. The van der Waals surface area contributed by atoms with Gasteiger partial charge in [-0.2, -0.15) is 0 Å². The molecule has 0 aromatic heterocycles. The third-order valence-electron chi connectivity index (χ3n) is 3.73. The maximum atomic E-state index is 5.92. The molecule has 1 atom stereocenters. The molecule has 4 heteroatoms. The van der Waals surface area contributed by atoms with E-state index < -0.39 is 0 Å². The van der Waals surface area contributed by atoms with E-state index >= 15 is 0 Å². The molecule has 2 aromatic rings. The SMILES string of the molecule is CCOc1cc([C@@H]2CCN2)ccc1OCc1ccccc1.Cl. The first kappa shape index (κ1) is 16.7. The van der Waals surface area contributed by atoms with Crippen molar-refractivity contribution < 1.29 is 9.47 Å². The van der Waals surface area contributed by atoms with Crippen LogP contribution in [0.15, 0.2) is 48.5 Å². The van der Waals surface area contributed by atoms with Crippen LogP contribution < -0.4 is 14.8 Å². The third-order valence-corrected chi connectivity index (χ3v) is 3.73. The largest absolute Gasteiger partial charge is 0.490 e. The first-order chi connectivity index (χ1) is 10.4. The molecule has 1 fully saturated rings. The fraction of sp³-hybridized carbons (Fsp3) is 0.333. The van der Waals surface area contributed by atoms with Crippen molar-refractivity contribution in [2.45, 2.75) is 26.0 Å². The fourth-order valence-electron chi connectivity index (χ4n) is 2.44. The molecule has 1 aliphatic heterocycles. The van der Waals surface area contributed by atoms with Gasteiger partial charge in [0.05, 0.1) is 6.61 Å². The average Bonchev–Trinajstić information content (AvgIpc) is 2.46. The Balaban J connectivity index is 0.00000176. The molecule has 0 bridgehead atoms. The molecule has 0 aliphatic carbocycles. The standard InChI is InChI=1S/C18H21NO2.ClH/c1-2-20-18-12-15(16-10-11-19-16)8-9-17(18)21-13-14-6-4-3-5-7-14;/h3-9,12,16,19H,2,10-11,13H2,1H3;1H/t16-;/m0./s1. The number of hydrogen-bond donors (Lipinski definition) is 1. The minimum absolute atomic E-state index is 0. The summed E-state index contributed by atoms with van der Waals surface area (Å²) in [4.78, 5) is 0. The van der Waals surface area contributed by atoms with Gasteiger partial charge in [-0.1, -0.05) is 36.4 Å². The molecule has 0 radical (unpaired) electrons. The van der Waals surface area contributed by atoms with Crippen LogP contribution in [0.1, 0.15) is 30.5 Å². The Morgan fingerprint density at radius 3 is 2.45 bits per heavy atom. The maximum absolute atomic E-state index is 5.92. The number of hydrogen-bond acceptors (Lipinski definition) is 3. The van der Waals surface area contributed by atoms with E-state index in [1.165, 1.54) is 12.0 Å². The van der Waals surface area contributed by atoms with Crippen molar-refractivity contribution in [3.05, 3.63) is 59.7 Å². The van der Waals surface area contributed by atoms with Gasteiger partial charge in [0.15, 0.2) is 11.5 Å². The molecule has 1 heterocycles. The molecule has 0 amide bonds. The Morgan fingerprint density at radius 1 is 1.05 bits per heavy atom. The average molecular weight is 320 g/mol. The summed E-state index contributed by atoms with van der Waals surface area (Å²) >= 11 is 0. The zero-order valence-electron chi connectivity index (χ0n) is 12.7. The number of nitrogens with one attached hydrogen (secondary N) is 1. The second-order valence-corrected chi connectivity index (χ2v) is 5.21. The Hall–Kier alpha value is -1.71. The Morgan fingerprint density at radius 2 is 1.82 bits per heavy atom. The van der Waals surface area contributed by atoms with Gasteiger partial charge in [-0.15, -0.1) is 12.4 Å². The summed E-state index contributed by atoms with van der Waals surface area (Å²) in [5, 5.41) is 3.41. The predicted molar refractivity (Wildman–Crippen MR) is 91.0 cm³/mol. The lowest BCUT2D eigenvalue weighted by Crippen LogP contribution is -2.34. The molecule has 0 saturated carbocycles. The van der Waals surface area contributed by atoms with Crippen LogP contribution in [0, 0.1) is 0 Å². The summed E-state index contributed by atoms with van der Waals surface area (Å²) in [6.07, 6.45) is 1.19. The summed E-state index contributed by atoms with van der Waals surface area (Å²) in [5.41, 5.74) is 2.43. The van der Waals surface area contributed by atoms with Gasteiger partial charge in [0.1, 0.15) is 6.61 Å². The fourth-order valence-corrected chi connectivity index (χ4v) is 2.44. The minimum Gasteiger partial charge on any atom is -0.490 e. The summed E-state index contributed by atoms with van der Waals surface area (Å²) in [5.74, 6) is 1.64. The summed E-state index contributed by atoms with van der Waals surface area (Å²) in [7, 11) is 0. The van der Waals surface area contributed by atoms with Gasteiger partial charge in [0.25, 0.3) is 0 Å². The molecule has 22 heavy (non-hydrogen) atoms. The van der Waals surface area contributed by atoms with Crippen LogP contribution in [-0.4, -0.2) is 13.2 Å². The van der Waals surface area contributed by atoms with Crippen molar-refractivity contribution in [2.24, 2.45) is 0 Å². The van der Waals surface area contributed by atoms with Crippen molar-refractivity contribution in [1.29, 1.82) is 0 Å². The summed E-state index contributed by atoms with van der Waals surface area (Å²) < 4.78 is 11.6. The second-order valence-electron chi connectivity index (χ2n) is 5.21.